The molecule has 0 unspecified atom stereocenters. The normalized spacial score (nSPS) is 10.5. The van der Waals surface area contributed by atoms with Gasteiger partial charge in [-0.05, 0) is 43.3 Å². The fourth-order valence-electron chi connectivity index (χ4n) is 2.36. The van der Waals surface area contributed by atoms with Crippen LogP contribution in [0.25, 0.3) is 0 Å². The molecule has 0 amide bonds. The van der Waals surface area contributed by atoms with E-state index in [1.165, 1.54) is 11.8 Å². The summed E-state index contributed by atoms with van der Waals surface area (Å²) in [6.45, 7) is 1.46. The number of carbonyl (C=O) groups is 2. The van der Waals surface area contributed by atoms with Gasteiger partial charge in [-0.25, -0.2) is 9.78 Å². The standard InChI is InChI=1S/C20H18N2O5S/c1-13-10-15(22-27-13)12-28-19-17(4-3-9-21-19)20(24)26-11-18(23)14-5-7-16(25-2)8-6-14/h3-10H,11-12H2,1-2H3. The van der Waals surface area contributed by atoms with E-state index >= 15 is 0 Å². The fourth-order valence-corrected chi connectivity index (χ4v) is 3.22. The van der Waals surface area contributed by atoms with E-state index in [0.717, 1.165) is 5.69 Å². The number of ether oxygens (including phenoxy) is 2. The van der Waals surface area contributed by atoms with Crippen molar-refractivity contribution in [1.82, 2.24) is 10.1 Å². The van der Waals surface area contributed by atoms with Crippen molar-refractivity contribution in [2.75, 3.05) is 13.7 Å². The predicted molar refractivity (Wildman–Crippen MR) is 103 cm³/mol. The lowest BCUT2D eigenvalue weighted by molar-refractivity contribution is 0.0470. The minimum Gasteiger partial charge on any atom is -0.497 e. The van der Waals surface area contributed by atoms with Gasteiger partial charge in [0, 0.05) is 23.6 Å². The van der Waals surface area contributed by atoms with Gasteiger partial charge >= 0.3 is 5.97 Å². The number of hydrogen-bond acceptors (Lipinski definition) is 8. The minimum atomic E-state index is -0.603. The molecule has 2 heterocycles. The van der Waals surface area contributed by atoms with Crippen LogP contribution >= 0.6 is 11.8 Å². The number of aryl methyl sites for hydroxylation is 1. The highest BCUT2D eigenvalue weighted by atomic mass is 32.2. The lowest BCUT2D eigenvalue weighted by Crippen LogP contribution is -2.15. The van der Waals surface area contributed by atoms with Crippen LogP contribution in [0.15, 0.2) is 58.2 Å². The van der Waals surface area contributed by atoms with Gasteiger partial charge in [-0.2, -0.15) is 0 Å². The summed E-state index contributed by atoms with van der Waals surface area (Å²) in [5, 5.41) is 4.42. The summed E-state index contributed by atoms with van der Waals surface area (Å²) in [5.74, 6) is 0.960. The predicted octanol–water partition coefficient (Wildman–Crippen LogP) is 3.72. The summed E-state index contributed by atoms with van der Waals surface area (Å²) in [6.07, 6.45) is 1.59. The number of methoxy groups -OCH3 is 1. The molecule has 3 aromatic rings. The van der Waals surface area contributed by atoms with Crippen LogP contribution in [0, 0.1) is 6.92 Å². The third-order valence-corrected chi connectivity index (χ3v) is 4.81. The number of nitrogens with zero attached hydrogens (tertiary/aromatic N) is 2. The van der Waals surface area contributed by atoms with E-state index in [-0.39, 0.29) is 12.4 Å². The third kappa shape index (κ3) is 4.98. The average molecular weight is 398 g/mol. The van der Waals surface area contributed by atoms with Gasteiger partial charge < -0.3 is 14.0 Å². The molecule has 0 aliphatic heterocycles. The van der Waals surface area contributed by atoms with Crippen molar-refractivity contribution in [2.45, 2.75) is 17.7 Å². The Morgan fingerprint density at radius 1 is 1.18 bits per heavy atom. The van der Waals surface area contributed by atoms with Crippen LogP contribution in [-0.2, 0) is 10.5 Å². The smallest absolute Gasteiger partial charge is 0.341 e. The maximum Gasteiger partial charge on any atom is 0.341 e. The molecule has 144 valence electrons. The molecule has 28 heavy (non-hydrogen) atoms. The molecular weight excluding hydrogens is 380 g/mol. The quantitative estimate of drug-likeness (QED) is 0.322. The first-order valence-electron chi connectivity index (χ1n) is 8.41. The second kappa shape index (κ2) is 9.18. The minimum absolute atomic E-state index is 0.299. The molecule has 2 aromatic heterocycles. The largest absolute Gasteiger partial charge is 0.497 e. The summed E-state index contributed by atoms with van der Waals surface area (Å²) in [7, 11) is 1.55. The number of rotatable bonds is 8. The summed E-state index contributed by atoms with van der Waals surface area (Å²) in [4.78, 5) is 28.9. The molecule has 8 heteroatoms. The molecule has 0 saturated heterocycles. The Kier molecular flexibility index (Phi) is 6.44. The maximum absolute atomic E-state index is 12.4. The van der Waals surface area contributed by atoms with Crippen LogP contribution in [0.1, 0.15) is 32.2 Å². The molecule has 3 rings (SSSR count). The van der Waals surface area contributed by atoms with E-state index in [9.17, 15) is 9.59 Å². The van der Waals surface area contributed by atoms with Crippen molar-refractivity contribution < 1.29 is 23.6 Å². The molecular formula is C20H18N2O5S. The first kappa shape index (κ1) is 19.6. The highest BCUT2D eigenvalue weighted by Gasteiger charge is 2.17. The van der Waals surface area contributed by atoms with Gasteiger partial charge in [-0.15, -0.1) is 0 Å². The number of Topliss-reactive ketones (excluding diaryl/α,β-unsaturated/α-hetero) is 1. The first-order chi connectivity index (χ1) is 13.6. The summed E-state index contributed by atoms with van der Waals surface area (Å²) in [6, 6.07) is 11.7. The second-order valence-corrected chi connectivity index (χ2v) is 6.77. The van der Waals surface area contributed by atoms with Crippen LogP contribution in [0.5, 0.6) is 5.75 Å². The van der Waals surface area contributed by atoms with Crippen molar-refractivity contribution in [3.05, 3.63) is 71.2 Å². The van der Waals surface area contributed by atoms with Gasteiger partial charge in [0.2, 0.25) is 0 Å². The van der Waals surface area contributed by atoms with Crippen LogP contribution in [-0.4, -0.2) is 35.6 Å². The molecule has 7 nitrogen and oxygen atoms in total. The zero-order valence-corrected chi connectivity index (χ0v) is 16.2. The van der Waals surface area contributed by atoms with E-state index in [1.807, 2.05) is 13.0 Å². The van der Waals surface area contributed by atoms with Gasteiger partial charge in [-0.1, -0.05) is 16.9 Å². The Balaban J connectivity index is 1.61. The number of thioether (sulfide) groups is 1. The molecule has 0 bridgehead atoms. The van der Waals surface area contributed by atoms with Crippen molar-refractivity contribution in [2.24, 2.45) is 0 Å². The Morgan fingerprint density at radius 3 is 2.64 bits per heavy atom. The van der Waals surface area contributed by atoms with Crippen LogP contribution in [0.3, 0.4) is 0 Å². The highest BCUT2D eigenvalue weighted by Crippen LogP contribution is 2.24. The van der Waals surface area contributed by atoms with Gasteiger partial charge in [0.15, 0.2) is 12.4 Å². The summed E-state index contributed by atoms with van der Waals surface area (Å²) < 4.78 is 15.3. The lowest BCUT2D eigenvalue weighted by Gasteiger charge is -2.08. The molecule has 1 aromatic carbocycles. The molecule has 0 spiro atoms. The lowest BCUT2D eigenvalue weighted by atomic mass is 10.1. The molecule has 0 atom stereocenters. The zero-order valence-electron chi connectivity index (χ0n) is 15.4. The Labute approximate surface area is 166 Å². The van der Waals surface area contributed by atoms with Crippen molar-refractivity contribution >= 4 is 23.5 Å². The van der Waals surface area contributed by atoms with Crippen molar-refractivity contribution in [3.8, 4) is 5.75 Å². The number of benzene rings is 1. The molecule has 0 N–H and O–H groups in total. The van der Waals surface area contributed by atoms with E-state index in [2.05, 4.69) is 10.1 Å². The van der Waals surface area contributed by atoms with Gasteiger partial charge in [0.1, 0.15) is 16.5 Å². The van der Waals surface area contributed by atoms with E-state index < -0.39 is 5.97 Å². The summed E-state index contributed by atoms with van der Waals surface area (Å²) in [5.41, 5.74) is 1.49. The molecule has 0 saturated carbocycles. The van der Waals surface area contributed by atoms with Crippen LogP contribution in [0.4, 0.5) is 0 Å². The molecule has 0 aliphatic carbocycles. The molecule has 0 aliphatic rings. The Bertz CT molecular complexity index is 969. The number of ketones is 1. The number of aromatic nitrogens is 2. The highest BCUT2D eigenvalue weighted by molar-refractivity contribution is 7.98. The molecule has 0 radical (unpaired) electrons. The van der Waals surface area contributed by atoms with E-state index in [1.54, 1.807) is 49.7 Å². The fraction of sp³-hybridized carbons (Fsp3) is 0.200. The SMILES string of the molecule is COc1ccc(C(=O)COC(=O)c2cccnc2SCc2cc(C)on2)cc1. The third-order valence-electron chi connectivity index (χ3n) is 3.77. The van der Waals surface area contributed by atoms with Gasteiger partial charge in [-0.3, -0.25) is 4.79 Å². The number of carbonyl (C=O) groups excluding carboxylic acids is 2. The Morgan fingerprint density at radius 2 is 1.96 bits per heavy atom. The van der Waals surface area contributed by atoms with Crippen molar-refractivity contribution in [1.29, 1.82) is 0 Å². The molecule has 0 fully saturated rings. The maximum atomic E-state index is 12.4. The van der Waals surface area contributed by atoms with Gasteiger partial charge in [0.25, 0.3) is 0 Å². The van der Waals surface area contributed by atoms with E-state index in [4.69, 9.17) is 14.0 Å². The summed E-state index contributed by atoms with van der Waals surface area (Å²) >= 11 is 1.34. The topological polar surface area (TPSA) is 91.5 Å². The first-order valence-corrected chi connectivity index (χ1v) is 9.40. The van der Waals surface area contributed by atoms with Crippen molar-refractivity contribution in [3.63, 3.8) is 0 Å². The van der Waals surface area contributed by atoms with Crippen LogP contribution in [0.2, 0.25) is 0 Å². The number of hydrogen-bond donors (Lipinski definition) is 0. The Hall–Kier alpha value is -3.13. The average Bonchev–Trinajstić information content (AvgIpc) is 3.15. The second-order valence-electron chi connectivity index (χ2n) is 5.80. The zero-order chi connectivity index (χ0) is 19.9. The monoisotopic (exact) mass is 398 g/mol. The van der Waals surface area contributed by atoms with Crippen LogP contribution < -0.4 is 4.74 Å². The number of esters is 1. The van der Waals surface area contributed by atoms with E-state index in [0.29, 0.717) is 33.4 Å². The van der Waals surface area contributed by atoms with Gasteiger partial charge in [0.05, 0.1) is 18.4 Å². The number of pyridine rings is 1.